The van der Waals surface area contributed by atoms with Crippen molar-refractivity contribution in [2.75, 3.05) is 19.8 Å². The standard InChI is InChI=1S/C28H38O7Si/c1-7-30-23(29)19-31-24-22(33-26-25(24)34-28(5,6)35-26)18-32-36(27(2,3)4,20-14-10-8-11-15-20)21-16-12-9-13-17-21/h8-17,22,24-26H,7,18-19H2,1-6H3/t22-,24-,25-,26-/m1/s1. The van der Waals surface area contributed by atoms with Gasteiger partial charge in [-0.05, 0) is 36.2 Å². The first-order valence-electron chi connectivity index (χ1n) is 12.6. The molecule has 4 rings (SSSR count). The van der Waals surface area contributed by atoms with Crippen LogP contribution in [0.15, 0.2) is 60.7 Å². The fraction of sp³-hybridized carbons (Fsp3) is 0.536. The van der Waals surface area contributed by atoms with E-state index in [0.29, 0.717) is 6.61 Å². The molecule has 2 aliphatic heterocycles. The minimum atomic E-state index is -2.78. The van der Waals surface area contributed by atoms with Crippen LogP contribution in [0.4, 0.5) is 0 Å². The third-order valence-corrected chi connectivity index (χ3v) is 11.7. The van der Waals surface area contributed by atoms with Gasteiger partial charge in [0, 0.05) is 0 Å². The fourth-order valence-electron chi connectivity index (χ4n) is 5.22. The predicted molar refractivity (Wildman–Crippen MR) is 139 cm³/mol. The highest BCUT2D eigenvalue weighted by molar-refractivity contribution is 6.99. The molecule has 4 atom stereocenters. The zero-order valence-corrected chi connectivity index (χ0v) is 23.1. The van der Waals surface area contributed by atoms with Crippen molar-refractivity contribution in [2.24, 2.45) is 0 Å². The number of fused-ring (bicyclic) bond motifs is 1. The Hall–Kier alpha value is -2.07. The van der Waals surface area contributed by atoms with Gasteiger partial charge >= 0.3 is 5.97 Å². The Balaban J connectivity index is 1.64. The number of benzene rings is 2. The maximum Gasteiger partial charge on any atom is 0.332 e. The van der Waals surface area contributed by atoms with E-state index in [1.165, 1.54) is 10.4 Å². The van der Waals surface area contributed by atoms with Crippen LogP contribution in [0.5, 0.6) is 0 Å². The third-order valence-electron chi connectivity index (χ3n) is 6.67. The van der Waals surface area contributed by atoms with Gasteiger partial charge in [-0.15, -0.1) is 0 Å². The van der Waals surface area contributed by atoms with Crippen LogP contribution in [0, 0.1) is 0 Å². The van der Waals surface area contributed by atoms with Crippen LogP contribution >= 0.6 is 0 Å². The molecule has 0 unspecified atom stereocenters. The summed E-state index contributed by atoms with van der Waals surface area (Å²) < 4.78 is 36.5. The highest BCUT2D eigenvalue weighted by Gasteiger charge is 2.57. The van der Waals surface area contributed by atoms with Crippen molar-refractivity contribution in [3.05, 3.63) is 60.7 Å². The van der Waals surface area contributed by atoms with E-state index in [4.69, 9.17) is 28.1 Å². The number of rotatable bonds is 9. The molecule has 8 heteroatoms. The number of hydrogen-bond donors (Lipinski definition) is 0. The van der Waals surface area contributed by atoms with Gasteiger partial charge in [0.25, 0.3) is 8.32 Å². The Morgan fingerprint density at radius 1 is 0.972 bits per heavy atom. The second-order valence-electron chi connectivity index (χ2n) is 10.7. The molecule has 0 radical (unpaired) electrons. The lowest BCUT2D eigenvalue weighted by Gasteiger charge is -2.43. The Bertz CT molecular complexity index is 966. The summed E-state index contributed by atoms with van der Waals surface area (Å²) in [5.74, 6) is -1.23. The van der Waals surface area contributed by atoms with Crippen LogP contribution in [0.1, 0.15) is 41.5 Å². The molecule has 0 N–H and O–H groups in total. The summed E-state index contributed by atoms with van der Waals surface area (Å²) in [7, 11) is -2.78. The van der Waals surface area contributed by atoms with Crippen molar-refractivity contribution in [2.45, 2.75) is 77.0 Å². The van der Waals surface area contributed by atoms with E-state index in [-0.39, 0.29) is 18.3 Å². The van der Waals surface area contributed by atoms with E-state index < -0.39 is 44.7 Å². The van der Waals surface area contributed by atoms with Gasteiger partial charge in [0.15, 0.2) is 12.1 Å². The number of ether oxygens (including phenoxy) is 5. The summed E-state index contributed by atoms with van der Waals surface area (Å²) in [5.41, 5.74) is 0. The van der Waals surface area contributed by atoms with Crippen molar-refractivity contribution < 1.29 is 32.9 Å². The average molecular weight is 515 g/mol. The summed E-state index contributed by atoms with van der Waals surface area (Å²) in [6, 6.07) is 20.9. The summed E-state index contributed by atoms with van der Waals surface area (Å²) in [5, 5.41) is 2.18. The quantitative estimate of drug-likeness (QED) is 0.375. The molecule has 2 saturated heterocycles. The zero-order chi connectivity index (χ0) is 26.0. The van der Waals surface area contributed by atoms with Gasteiger partial charge in [0.05, 0.1) is 13.2 Å². The Labute approximate surface area is 215 Å². The molecule has 0 bridgehead atoms. The second kappa shape index (κ2) is 10.7. The number of carbonyl (C=O) groups excluding carboxylic acids is 1. The van der Waals surface area contributed by atoms with Crippen molar-refractivity contribution >= 4 is 24.7 Å². The van der Waals surface area contributed by atoms with Crippen LogP contribution in [-0.2, 0) is 32.9 Å². The molecule has 0 aromatic heterocycles. The highest BCUT2D eigenvalue weighted by Crippen LogP contribution is 2.41. The fourth-order valence-corrected chi connectivity index (χ4v) is 9.79. The van der Waals surface area contributed by atoms with E-state index in [0.717, 1.165) is 0 Å². The molecule has 2 aromatic rings. The molecular formula is C28H38O7Si. The van der Waals surface area contributed by atoms with Crippen molar-refractivity contribution in [3.8, 4) is 0 Å². The van der Waals surface area contributed by atoms with Crippen molar-refractivity contribution in [1.29, 1.82) is 0 Å². The minimum absolute atomic E-state index is 0.180. The van der Waals surface area contributed by atoms with Crippen LogP contribution < -0.4 is 10.4 Å². The molecule has 0 spiro atoms. The molecule has 2 aliphatic rings. The largest absolute Gasteiger partial charge is 0.464 e. The highest BCUT2D eigenvalue weighted by atomic mass is 28.4. The molecule has 2 fully saturated rings. The smallest absolute Gasteiger partial charge is 0.332 e. The monoisotopic (exact) mass is 514 g/mol. The number of carbonyl (C=O) groups is 1. The number of esters is 1. The van der Waals surface area contributed by atoms with Crippen LogP contribution in [0.25, 0.3) is 0 Å². The van der Waals surface area contributed by atoms with E-state index in [1.807, 2.05) is 26.0 Å². The van der Waals surface area contributed by atoms with Crippen LogP contribution in [0.2, 0.25) is 5.04 Å². The first kappa shape index (κ1) is 27.0. The Morgan fingerprint density at radius 2 is 1.56 bits per heavy atom. The molecule has 2 aromatic carbocycles. The molecule has 196 valence electrons. The van der Waals surface area contributed by atoms with Crippen LogP contribution in [-0.4, -0.2) is 64.5 Å². The van der Waals surface area contributed by atoms with E-state index in [2.05, 4.69) is 69.3 Å². The first-order chi connectivity index (χ1) is 17.1. The Morgan fingerprint density at radius 3 is 2.08 bits per heavy atom. The summed E-state index contributed by atoms with van der Waals surface area (Å²) in [4.78, 5) is 12.1. The normalized spacial score (nSPS) is 25.5. The summed E-state index contributed by atoms with van der Waals surface area (Å²) in [6.45, 7) is 12.5. The molecule has 7 nitrogen and oxygen atoms in total. The summed E-state index contributed by atoms with van der Waals surface area (Å²) >= 11 is 0. The van der Waals surface area contributed by atoms with Crippen molar-refractivity contribution in [1.82, 2.24) is 0 Å². The van der Waals surface area contributed by atoms with E-state index in [1.54, 1.807) is 6.92 Å². The topological polar surface area (TPSA) is 72.5 Å². The van der Waals surface area contributed by atoms with Crippen molar-refractivity contribution in [3.63, 3.8) is 0 Å². The zero-order valence-electron chi connectivity index (χ0n) is 22.1. The number of hydrogen-bond acceptors (Lipinski definition) is 7. The molecule has 0 aliphatic carbocycles. The van der Waals surface area contributed by atoms with Gasteiger partial charge in [0.2, 0.25) is 0 Å². The molecule has 2 heterocycles. The molecule has 0 amide bonds. The molecule has 0 saturated carbocycles. The van der Waals surface area contributed by atoms with E-state index in [9.17, 15) is 4.79 Å². The predicted octanol–water partition coefficient (Wildman–Crippen LogP) is 3.39. The van der Waals surface area contributed by atoms with Gasteiger partial charge in [-0.3, -0.25) is 0 Å². The minimum Gasteiger partial charge on any atom is -0.464 e. The summed E-state index contributed by atoms with van der Waals surface area (Å²) in [6.07, 6.45) is -2.09. The SMILES string of the molecule is CCOC(=O)CO[C@H]1[C@H]2OC(C)(C)O[C@H]2O[C@@H]1CO[Si](c1ccccc1)(c1ccccc1)C(C)(C)C. The lowest BCUT2D eigenvalue weighted by Crippen LogP contribution is -2.67. The van der Waals surface area contributed by atoms with Gasteiger partial charge in [-0.1, -0.05) is 81.4 Å². The van der Waals surface area contributed by atoms with Gasteiger partial charge in [-0.25, -0.2) is 4.79 Å². The molecular weight excluding hydrogens is 476 g/mol. The maximum atomic E-state index is 12.1. The second-order valence-corrected chi connectivity index (χ2v) is 15.0. The average Bonchev–Trinajstić information content (AvgIpc) is 3.30. The molecule has 36 heavy (non-hydrogen) atoms. The lowest BCUT2D eigenvalue weighted by atomic mass is 10.1. The third kappa shape index (κ3) is 5.44. The Kier molecular flexibility index (Phi) is 8.04. The van der Waals surface area contributed by atoms with Gasteiger partial charge in [-0.2, -0.15) is 0 Å². The first-order valence-corrected chi connectivity index (χ1v) is 14.5. The van der Waals surface area contributed by atoms with Crippen LogP contribution in [0.3, 0.4) is 0 Å². The van der Waals surface area contributed by atoms with Gasteiger partial charge < -0.3 is 28.1 Å². The maximum absolute atomic E-state index is 12.1. The lowest BCUT2D eigenvalue weighted by molar-refractivity contribution is -0.221. The van der Waals surface area contributed by atoms with E-state index >= 15 is 0 Å². The van der Waals surface area contributed by atoms with Gasteiger partial charge in [0.1, 0.15) is 24.9 Å².